The van der Waals surface area contributed by atoms with Gasteiger partial charge >= 0.3 is 0 Å². The van der Waals surface area contributed by atoms with Crippen molar-refractivity contribution in [1.29, 1.82) is 0 Å². The number of ether oxygens (including phenoxy) is 1. The Bertz CT molecular complexity index is 808. The molecule has 0 bridgehead atoms. The van der Waals surface area contributed by atoms with Crippen LogP contribution in [0.25, 0.3) is 0 Å². The number of hydrogen-bond acceptors (Lipinski definition) is 3. The average Bonchev–Trinajstić information content (AvgIpc) is 3.15. The summed E-state index contributed by atoms with van der Waals surface area (Å²) in [6.07, 6.45) is 7.91. The van der Waals surface area contributed by atoms with Crippen LogP contribution in [0.15, 0.2) is 35.5 Å². The van der Waals surface area contributed by atoms with Gasteiger partial charge in [-0.3, -0.25) is 9.59 Å². The first-order chi connectivity index (χ1) is 11.7. The average molecular weight is 342 g/mol. The normalized spacial score (nSPS) is 52.4. The smallest absolute Gasteiger partial charge is 0.178 e. The maximum atomic E-state index is 15.1. The Balaban J connectivity index is 1.62. The molecule has 0 aromatic rings. The van der Waals surface area contributed by atoms with E-state index in [9.17, 15) is 9.59 Å². The lowest BCUT2D eigenvalue weighted by atomic mass is 9.47. The van der Waals surface area contributed by atoms with Crippen LogP contribution < -0.4 is 0 Å². The van der Waals surface area contributed by atoms with Crippen molar-refractivity contribution in [3.05, 3.63) is 35.5 Å². The number of Topliss-reactive ketones (excluding diaryl/α,β-unsaturated/α-hetero) is 1. The Morgan fingerprint density at radius 1 is 1.32 bits per heavy atom. The quantitative estimate of drug-likeness (QED) is 0.685. The molecule has 1 saturated heterocycles. The Kier molecular flexibility index (Phi) is 2.76. The van der Waals surface area contributed by atoms with Gasteiger partial charge in [0.1, 0.15) is 11.8 Å². The zero-order valence-corrected chi connectivity index (χ0v) is 14.8. The van der Waals surface area contributed by atoms with E-state index in [2.05, 4.69) is 13.0 Å². The van der Waals surface area contributed by atoms with Gasteiger partial charge in [0, 0.05) is 10.8 Å². The highest BCUT2D eigenvalue weighted by atomic mass is 19.1. The van der Waals surface area contributed by atoms with E-state index in [4.69, 9.17) is 4.74 Å². The highest BCUT2D eigenvalue weighted by molar-refractivity contribution is 6.01. The number of rotatable bonds is 1. The topological polar surface area (TPSA) is 46.7 Å². The summed E-state index contributed by atoms with van der Waals surface area (Å²) in [5, 5.41) is 0. The molecule has 0 radical (unpaired) electrons. The van der Waals surface area contributed by atoms with Crippen molar-refractivity contribution in [2.24, 2.45) is 22.7 Å². The maximum absolute atomic E-state index is 15.1. The number of carbonyl (C=O) groups excluding carboxylic acids is 2. The van der Waals surface area contributed by atoms with Crippen molar-refractivity contribution in [3.8, 4) is 0 Å². The standard InChI is InChI=1S/C21H23FO3/c1-11(23)13-4-5-14-15-9-17(22)16-8-12(24)6-7-20(16,3)21(15)18(25-21)10-19(13,14)2/h4,6-8,14-15,17-18H,5,9-10H2,1-3H3/t14?,15?,17-,18-,19?,20?,21+/m0/s1. The van der Waals surface area contributed by atoms with Crippen molar-refractivity contribution >= 4 is 11.6 Å². The molecule has 1 spiro atoms. The number of halogens is 1. The predicted molar refractivity (Wildman–Crippen MR) is 90.5 cm³/mol. The van der Waals surface area contributed by atoms with E-state index in [0.29, 0.717) is 12.0 Å². The molecule has 132 valence electrons. The first-order valence-electron chi connectivity index (χ1n) is 9.23. The minimum atomic E-state index is -1.12. The lowest BCUT2D eigenvalue weighted by Crippen LogP contribution is -2.58. The molecule has 7 atom stereocenters. The Morgan fingerprint density at radius 3 is 2.80 bits per heavy atom. The van der Waals surface area contributed by atoms with E-state index >= 15 is 4.39 Å². The third-order valence-corrected chi connectivity index (χ3v) is 7.88. The van der Waals surface area contributed by atoms with Gasteiger partial charge in [0.15, 0.2) is 11.6 Å². The fourth-order valence-electron chi connectivity index (χ4n) is 6.76. The Labute approximate surface area is 147 Å². The van der Waals surface area contributed by atoms with Crippen LogP contribution in [0.3, 0.4) is 0 Å². The van der Waals surface area contributed by atoms with Gasteiger partial charge in [-0.05, 0) is 68.2 Å². The van der Waals surface area contributed by atoms with Crippen molar-refractivity contribution in [1.82, 2.24) is 0 Å². The molecule has 0 amide bonds. The lowest BCUT2D eigenvalue weighted by molar-refractivity contribution is -0.115. The molecular formula is C21H23FO3. The first kappa shape index (κ1) is 15.7. The minimum absolute atomic E-state index is 0.0263. The monoisotopic (exact) mass is 342 g/mol. The molecule has 1 aliphatic heterocycles. The molecule has 1 heterocycles. The molecule has 0 aromatic heterocycles. The third-order valence-electron chi connectivity index (χ3n) is 7.88. The Morgan fingerprint density at radius 2 is 2.08 bits per heavy atom. The number of carbonyl (C=O) groups is 2. The molecule has 4 aliphatic carbocycles. The van der Waals surface area contributed by atoms with Crippen LogP contribution in [-0.4, -0.2) is 29.4 Å². The van der Waals surface area contributed by atoms with Crippen LogP contribution in [0, 0.1) is 22.7 Å². The summed E-state index contributed by atoms with van der Waals surface area (Å²) in [6, 6.07) is 0. The van der Waals surface area contributed by atoms with E-state index in [-0.39, 0.29) is 34.9 Å². The molecule has 5 rings (SSSR count). The van der Waals surface area contributed by atoms with Gasteiger partial charge in [-0.25, -0.2) is 4.39 Å². The predicted octanol–water partition coefficient (Wildman–Crippen LogP) is 3.50. The van der Waals surface area contributed by atoms with E-state index in [0.717, 1.165) is 18.4 Å². The molecule has 5 aliphatic rings. The van der Waals surface area contributed by atoms with Crippen LogP contribution in [0.5, 0.6) is 0 Å². The zero-order chi connectivity index (χ0) is 17.8. The summed E-state index contributed by atoms with van der Waals surface area (Å²) < 4.78 is 21.5. The van der Waals surface area contributed by atoms with Crippen LogP contribution in [0.4, 0.5) is 4.39 Å². The molecule has 4 heteroatoms. The SMILES string of the molecule is CC(=O)C1=CCC2C3C[C@H](F)C4=CC(=O)C=CC4(C)[C@@]34O[C@H]4CC12C. The second-order valence-corrected chi connectivity index (χ2v) is 8.88. The molecular weight excluding hydrogens is 319 g/mol. The third kappa shape index (κ3) is 1.61. The molecule has 0 aromatic carbocycles. The van der Waals surface area contributed by atoms with Crippen molar-refractivity contribution in [2.45, 2.75) is 57.9 Å². The fraction of sp³-hybridized carbons (Fsp3) is 0.619. The van der Waals surface area contributed by atoms with Crippen LogP contribution >= 0.6 is 0 Å². The van der Waals surface area contributed by atoms with Crippen molar-refractivity contribution in [2.75, 3.05) is 0 Å². The van der Waals surface area contributed by atoms with Gasteiger partial charge in [0.25, 0.3) is 0 Å². The molecule has 0 N–H and O–H groups in total. The summed E-state index contributed by atoms with van der Waals surface area (Å²) in [6.45, 7) is 5.81. The van der Waals surface area contributed by atoms with E-state index < -0.39 is 17.2 Å². The van der Waals surface area contributed by atoms with Crippen LogP contribution in [0.1, 0.15) is 40.0 Å². The molecule has 3 fully saturated rings. The molecule has 4 unspecified atom stereocenters. The van der Waals surface area contributed by atoms with Crippen LogP contribution in [0.2, 0.25) is 0 Å². The van der Waals surface area contributed by atoms with E-state index in [1.54, 1.807) is 13.0 Å². The number of hydrogen-bond donors (Lipinski definition) is 0. The number of fused-ring (bicyclic) bond motifs is 3. The lowest BCUT2D eigenvalue weighted by Gasteiger charge is -2.54. The van der Waals surface area contributed by atoms with Gasteiger partial charge in [-0.15, -0.1) is 0 Å². The summed E-state index contributed by atoms with van der Waals surface area (Å²) in [7, 11) is 0. The molecule has 25 heavy (non-hydrogen) atoms. The second-order valence-electron chi connectivity index (χ2n) is 8.88. The summed E-state index contributed by atoms with van der Waals surface area (Å²) in [4.78, 5) is 24.0. The van der Waals surface area contributed by atoms with Gasteiger partial charge in [-0.2, -0.15) is 0 Å². The summed E-state index contributed by atoms with van der Waals surface area (Å²) >= 11 is 0. The van der Waals surface area contributed by atoms with Gasteiger partial charge in [0.2, 0.25) is 0 Å². The highest BCUT2D eigenvalue weighted by Crippen LogP contribution is 2.74. The minimum Gasteiger partial charge on any atom is -0.364 e. The highest BCUT2D eigenvalue weighted by Gasteiger charge is 2.79. The van der Waals surface area contributed by atoms with E-state index in [1.807, 2.05) is 13.0 Å². The van der Waals surface area contributed by atoms with Crippen molar-refractivity contribution < 1.29 is 18.7 Å². The second kappa shape index (κ2) is 4.40. The van der Waals surface area contributed by atoms with Gasteiger partial charge in [0.05, 0.1) is 6.10 Å². The zero-order valence-electron chi connectivity index (χ0n) is 14.8. The fourth-order valence-corrected chi connectivity index (χ4v) is 6.76. The largest absolute Gasteiger partial charge is 0.364 e. The first-order valence-corrected chi connectivity index (χ1v) is 9.23. The number of ketones is 2. The van der Waals surface area contributed by atoms with Crippen LogP contribution in [-0.2, 0) is 14.3 Å². The number of alkyl halides is 1. The van der Waals surface area contributed by atoms with E-state index in [1.165, 1.54) is 6.08 Å². The van der Waals surface area contributed by atoms with Gasteiger partial charge in [-0.1, -0.05) is 19.1 Å². The Hall–Kier alpha value is -1.55. The van der Waals surface area contributed by atoms with Crippen molar-refractivity contribution in [3.63, 3.8) is 0 Å². The van der Waals surface area contributed by atoms with Gasteiger partial charge < -0.3 is 4.74 Å². The number of epoxide rings is 1. The molecule has 3 nitrogen and oxygen atoms in total. The number of allylic oxidation sites excluding steroid dienone is 4. The maximum Gasteiger partial charge on any atom is 0.178 e. The summed E-state index contributed by atoms with van der Waals surface area (Å²) in [5.74, 6) is 0.289. The molecule has 2 saturated carbocycles. The summed E-state index contributed by atoms with van der Waals surface area (Å²) in [5.41, 5.74) is 0.294.